The second kappa shape index (κ2) is 7.25. The molecule has 3 aromatic rings. The largest absolute Gasteiger partial charge is 0.497 e. The van der Waals surface area contributed by atoms with Gasteiger partial charge in [0.1, 0.15) is 17.8 Å². The summed E-state index contributed by atoms with van der Waals surface area (Å²) in [5.74, 6) is 1.08. The number of halogens is 1. The van der Waals surface area contributed by atoms with Crippen LogP contribution in [-0.2, 0) is 16.9 Å². The van der Waals surface area contributed by atoms with Crippen molar-refractivity contribution in [1.29, 1.82) is 0 Å². The van der Waals surface area contributed by atoms with E-state index < -0.39 is 11.6 Å². The molecule has 1 atom stereocenters. The average Bonchev–Trinajstić information content (AvgIpc) is 3.28. The summed E-state index contributed by atoms with van der Waals surface area (Å²) in [5, 5.41) is 3.38. The first-order valence-electron chi connectivity index (χ1n) is 8.90. The van der Waals surface area contributed by atoms with Crippen LogP contribution in [0.15, 0.2) is 59.1 Å². The molecule has 4 rings (SSSR count). The highest BCUT2D eigenvalue weighted by atomic mass is 35.5. The van der Waals surface area contributed by atoms with Gasteiger partial charge in [-0.1, -0.05) is 23.7 Å². The van der Waals surface area contributed by atoms with Gasteiger partial charge in [0.05, 0.1) is 13.3 Å². The van der Waals surface area contributed by atoms with E-state index in [1.54, 1.807) is 68.8 Å². The Hall–Kier alpha value is -3.32. The van der Waals surface area contributed by atoms with Crippen LogP contribution in [0.1, 0.15) is 18.4 Å². The molecule has 3 amide bonds. The molecule has 0 radical (unpaired) electrons. The Morgan fingerprint density at radius 2 is 1.83 bits per heavy atom. The SMILES string of the molecule is COc1ccc([C@]2(C)NC(=O)N(Cc3ncc(-c4ccc(Cl)cc4)o3)C2=O)cc1. The van der Waals surface area contributed by atoms with E-state index in [1.807, 2.05) is 0 Å². The maximum Gasteiger partial charge on any atom is 0.325 e. The fraction of sp³-hybridized carbons (Fsp3) is 0.190. The maximum atomic E-state index is 13.0. The Kier molecular flexibility index (Phi) is 4.76. The van der Waals surface area contributed by atoms with Crippen LogP contribution < -0.4 is 10.1 Å². The predicted octanol–water partition coefficient (Wildman–Crippen LogP) is 3.97. The predicted molar refractivity (Wildman–Crippen MR) is 106 cm³/mol. The summed E-state index contributed by atoms with van der Waals surface area (Å²) < 4.78 is 10.9. The smallest absolute Gasteiger partial charge is 0.325 e. The molecule has 1 aromatic heterocycles. The number of urea groups is 1. The van der Waals surface area contributed by atoms with Gasteiger partial charge >= 0.3 is 6.03 Å². The molecular formula is C21H18ClN3O4. The number of oxazole rings is 1. The van der Waals surface area contributed by atoms with Crippen molar-refractivity contribution in [2.24, 2.45) is 0 Å². The van der Waals surface area contributed by atoms with Crippen molar-refractivity contribution < 1.29 is 18.7 Å². The number of rotatable bonds is 5. The number of carbonyl (C=O) groups excluding carboxylic acids is 2. The van der Waals surface area contributed by atoms with Gasteiger partial charge in [-0.25, -0.2) is 9.78 Å². The molecule has 2 aromatic carbocycles. The molecule has 2 heterocycles. The molecule has 1 aliphatic heterocycles. The zero-order valence-corrected chi connectivity index (χ0v) is 16.6. The number of ether oxygens (including phenoxy) is 1. The number of imide groups is 1. The van der Waals surface area contributed by atoms with Crippen molar-refractivity contribution in [2.75, 3.05) is 7.11 Å². The molecule has 148 valence electrons. The molecule has 1 saturated heterocycles. The molecule has 29 heavy (non-hydrogen) atoms. The first-order chi connectivity index (χ1) is 13.9. The number of methoxy groups -OCH3 is 1. The van der Waals surface area contributed by atoms with Crippen molar-refractivity contribution in [2.45, 2.75) is 19.0 Å². The van der Waals surface area contributed by atoms with Crippen LogP contribution in [0, 0.1) is 0 Å². The van der Waals surface area contributed by atoms with Crippen LogP contribution in [0.3, 0.4) is 0 Å². The van der Waals surface area contributed by atoms with Crippen molar-refractivity contribution >= 4 is 23.5 Å². The summed E-state index contributed by atoms with van der Waals surface area (Å²) in [6, 6.07) is 13.6. The van der Waals surface area contributed by atoms with Crippen molar-refractivity contribution in [3.63, 3.8) is 0 Å². The zero-order chi connectivity index (χ0) is 20.6. The van der Waals surface area contributed by atoms with E-state index in [0.717, 1.165) is 10.5 Å². The Balaban J connectivity index is 1.54. The van der Waals surface area contributed by atoms with Crippen LogP contribution in [0.5, 0.6) is 5.75 Å². The van der Waals surface area contributed by atoms with E-state index in [0.29, 0.717) is 22.1 Å². The second-order valence-electron chi connectivity index (χ2n) is 6.80. The summed E-state index contributed by atoms with van der Waals surface area (Å²) in [5.41, 5.74) is 0.288. The number of carbonyl (C=O) groups is 2. The van der Waals surface area contributed by atoms with Crippen molar-refractivity contribution in [3.05, 3.63) is 71.2 Å². The summed E-state index contributed by atoms with van der Waals surface area (Å²) in [4.78, 5) is 30.8. The lowest BCUT2D eigenvalue weighted by Crippen LogP contribution is -2.40. The molecule has 1 fully saturated rings. The van der Waals surface area contributed by atoms with Crippen molar-refractivity contribution in [1.82, 2.24) is 15.2 Å². The van der Waals surface area contributed by atoms with Gasteiger partial charge in [0.25, 0.3) is 5.91 Å². The molecule has 8 heteroatoms. The minimum atomic E-state index is -1.17. The molecular weight excluding hydrogens is 394 g/mol. The monoisotopic (exact) mass is 411 g/mol. The van der Waals surface area contributed by atoms with E-state index in [1.165, 1.54) is 0 Å². The Morgan fingerprint density at radius 3 is 2.48 bits per heavy atom. The minimum absolute atomic E-state index is 0.0655. The molecule has 0 spiro atoms. The second-order valence-corrected chi connectivity index (χ2v) is 7.24. The normalized spacial score (nSPS) is 18.8. The lowest BCUT2D eigenvalue weighted by molar-refractivity contribution is -0.131. The number of benzene rings is 2. The van der Waals surface area contributed by atoms with Gasteiger partial charge in [0.15, 0.2) is 5.76 Å². The fourth-order valence-corrected chi connectivity index (χ4v) is 3.35. The van der Waals surface area contributed by atoms with Crippen LogP contribution in [0.4, 0.5) is 4.79 Å². The lowest BCUT2D eigenvalue weighted by atomic mass is 9.92. The zero-order valence-electron chi connectivity index (χ0n) is 15.8. The third kappa shape index (κ3) is 3.45. The van der Waals surface area contributed by atoms with E-state index in [-0.39, 0.29) is 18.3 Å². The number of amides is 3. The first-order valence-corrected chi connectivity index (χ1v) is 9.28. The number of nitrogens with one attached hydrogen (secondary N) is 1. The third-order valence-corrected chi connectivity index (χ3v) is 5.17. The Morgan fingerprint density at radius 1 is 1.14 bits per heavy atom. The van der Waals surface area contributed by atoms with Gasteiger partial charge < -0.3 is 14.5 Å². The van der Waals surface area contributed by atoms with E-state index >= 15 is 0 Å². The van der Waals surface area contributed by atoms with Crippen LogP contribution >= 0.6 is 11.6 Å². The maximum absolute atomic E-state index is 13.0. The molecule has 0 aliphatic carbocycles. The Labute approximate surface area is 172 Å². The molecule has 0 unspecified atom stereocenters. The Bertz CT molecular complexity index is 1060. The highest BCUT2D eigenvalue weighted by molar-refractivity contribution is 6.30. The van der Waals surface area contributed by atoms with Crippen molar-refractivity contribution in [3.8, 4) is 17.1 Å². The molecule has 0 saturated carbocycles. The number of hydrogen-bond acceptors (Lipinski definition) is 5. The van der Waals surface area contributed by atoms with Gasteiger partial charge in [-0.15, -0.1) is 0 Å². The number of nitrogens with zero attached hydrogens (tertiary/aromatic N) is 2. The molecule has 1 aliphatic rings. The molecule has 7 nitrogen and oxygen atoms in total. The average molecular weight is 412 g/mol. The van der Waals surface area contributed by atoms with Crippen LogP contribution in [-0.4, -0.2) is 28.9 Å². The summed E-state index contributed by atoms with van der Waals surface area (Å²) >= 11 is 5.90. The highest BCUT2D eigenvalue weighted by Crippen LogP contribution is 2.31. The lowest BCUT2D eigenvalue weighted by Gasteiger charge is -2.22. The molecule has 1 N–H and O–H groups in total. The summed E-state index contributed by atoms with van der Waals surface area (Å²) in [6.07, 6.45) is 1.56. The van der Waals surface area contributed by atoms with Crippen LogP contribution in [0.2, 0.25) is 5.02 Å². The van der Waals surface area contributed by atoms with Gasteiger partial charge in [-0.2, -0.15) is 0 Å². The van der Waals surface area contributed by atoms with Gasteiger partial charge in [0, 0.05) is 10.6 Å². The molecule has 0 bridgehead atoms. The standard InChI is InChI=1S/C21H18ClN3O4/c1-21(14-5-9-16(28-2)10-6-14)19(26)25(20(27)24-21)12-18-23-11-17(29-18)13-3-7-15(22)8-4-13/h3-11H,12H2,1-2H3,(H,24,27)/t21-/m0/s1. The van der Waals surface area contributed by atoms with Crippen LogP contribution in [0.25, 0.3) is 11.3 Å². The minimum Gasteiger partial charge on any atom is -0.497 e. The van der Waals surface area contributed by atoms with E-state index in [9.17, 15) is 9.59 Å². The summed E-state index contributed by atoms with van der Waals surface area (Å²) in [7, 11) is 1.57. The van der Waals surface area contributed by atoms with Gasteiger partial charge in [-0.3, -0.25) is 9.69 Å². The highest BCUT2D eigenvalue weighted by Gasteiger charge is 2.49. The summed E-state index contributed by atoms with van der Waals surface area (Å²) in [6.45, 7) is 1.60. The van der Waals surface area contributed by atoms with E-state index in [2.05, 4.69) is 10.3 Å². The number of hydrogen-bond donors (Lipinski definition) is 1. The third-order valence-electron chi connectivity index (χ3n) is 4.92. The van der Waals surface area contributed by atoms with E-state index in [4.69, 9.17) is 20.8 Å². The quantitative estimate of drug-likeness (QED) is 0.642. The first kappa shape index (κ1) is 19.0. The topological polar surface area (TPSA) is 84.7 Å². The fourth-order valence-electron chi connectivity index (χ4n) is 3.23. The van der Waals surface area contributed by atoms with Gasteiger partial charge in [-0.05, 0) is 48.9 Å². The van der Waals surface area contributed by atoms with Gasteiger partial charge in [0.2, 0.25) is 5.89 Å². The number of aromatic nitrogens is 1.